The zero-order valence-corrected chi connectivity index (χ0v) is 15.3. The Morgan fingerprint density at radius 1 is 1.33 bits per heavy atom. The van der Waals surface area contributed by atoms with E-state index in [9.17, 15) is 15.2 Å². The van der Waals surface area contributed by atoms with Crippen LogP contribution in [0.2, 0.25) is 0 Å². The van der Waals surface area contributed by atoms with E-state index in [0.29, 0.717) is 11.1 Å². The monoisotopic (exact) mass is 379 g/mol. The van der Waals surface area contributed by atoms with Crippen LogP contribution in [0, 0.1) is 11.3 Å². The Labute approximate surface area is 159 Å². The fraction of sp³-hybridized carbons (Fsp3) is 0.250. The summed E-state index contributed by atoms with van der Waals surface area (Å²) in [4.78, 5) is 21.0. The summed E-state index contributed by atoms with van der Waals surface area (Å²) in [6.45, 7) is -0.372. The number of rotatable bonds is 4. The van der Waals surface area contributed by atoms with Crippen molar-refractivity contribution in [2.75, 3.05) is 6.61 Å². The first kappa shape index (κ1) is 17.3. The number of ether oxygens (including phenoxy) is 1. The van der Waals surface area contributed by atoms with Crippen LogP contribution in [0.1, 0.15) is 39.5 Å². The summed E-state index contributed by atoms with van der Waals surface area (Å²) in [6, 6.07) is 9.26. The van der Waals surface area contributed by atoms with E-state index in [1.165, 1.54) is 4.88 Å². The van der Waals surface area contributed by atoms with E-state index in [4.69, 9.17) is 4.74 Å². The van der Waals surface area contributed by atoms with Gasteiger partial charge < -0.3 is 14.8 Å². The van der Waals surface area contributed by atoms with Gasteiger partial charge in [-0.3, -0.25) is 0 Å². The molecule has 0 aliphatic heterocycles. The van der Waals surface area contributed by atoms with Crippen molar-refractivity contribution in [3.63, 3.8) is 0 Å². The molecule has 0 saturated carbocycles. The van der Waals surface area contributed by atoms with Crippen LogP contribution < -0.4 is 0 Å². The number of aromatic nitrogens is 2. The molecule has 0 unspecified atom stereocenters. The number of aliphatic hydroxyl groups is 1. The predicted molar refractivity (Wildman–Crippen MR) is 102 cm³/mol. The van der Waals surface area contributed by atoms with Crippen molar-refractivity contribution in [3.05, 3.63) is 57.2 Å². The van der Waals surface area contributed by atoms with Gasteiger partial charge in [0.25, 0.3) is 0 Å². The lowest BCUT2D eigenvalue weighted by atomic mass is 9.96. The van der Waals surface area contributed by atoms with Gasteiger partial charge >= 0.3 is 5.97 Å². The van der Waals surface area contributed by atoms with Gasteiger partial charge in [0.1, 0.15) is 18.2 Å². The van der Waals surface area contributed by atoms with E-state index in [1.807, 2.05) is 29.6 Å². The molecular formula is C20H17N3O3S. The first-order valence-corrected chi connectivity index (χ1v) is 9.59. The third-order valence-electron chi connectivity index (χ3n) is 4.65. The lowest BCUT2D eigenvalue weighted by Gasteiger charge is -2.12. The highest BCUT2D eigenvalue weighted by molar-refractivity contribution is 7.10. The van der Waals surface area contributed by atoms with Crippen molar-refractivity contribution in [1.29, 1.82) is 5.26 Å². The largest absolute Gasteiger partial charge is 0.507 e. The lowest BCUT2D eigenvalue weighted by molar-refractivity contribution is 0.0502. The zero-order valence-electron chi connectivity index (χ0n) is 14.5. The third-order valence-corrected chi connectivity index (χ3v) is 5.74. The second-order valence-electron chi connectivity index (χ2n) is 6.37. The summed E-state index contributed by atoms with van der Waals surface area (Å²) in [5.74, 6) is -0.544. The number of nitrogens with one attached hydrogen (secondary N) is 1. The molecule has 0 saturated heterocycles. The third kappa shape index (κ3) is 3.32. The molecule has 1 aliphatic rings. The number of fused-ring (bicyclic) bond motifs is 2. The molecule has 2 aromatic heterocycles. The molecule has 4 rings (SSSR count). The molecule has 0 atom stereocenters. The van der Waals surface area contributed by atoms with Crippen molar-refractivity contribution in [3.8, 4) is 6.07 Å². The van der Waals surface area contributed by atoms with E-state index < -0.39 is 5.97 Å². The highest BCUT2D eigenvalue weighted by atomic mass is 32.1. The second-order valence-corrected chi connectivity index (χ2v) is 7.33. The Kier molecular flexibility index (Phi) is 4.65. The number of para-hydroxylation sites is 2. The maximum absolute atomic E-state index is 12.4. The molecule has 0 amide bonds. The molecule has 27 heavy (non-hydrogen) atoms. The summed E-state index contributed by atoms with van der Waals surface area (Å²) in [7, 11) is 0. The maximum Gasteiger partial charge on any atom is 0.339 e. The molecule has 136 valence electrons. The van der Waals surface area contributed by atoms with E-state index in [0.717, 1.165) is 36.8 Å². The van der Waals surface area contributed by atoms with Crippen molar-refractivity contribution in [1.82, 2.24) is 9.97 Å². The number of allylic oxidation sites excluding steroid dienone is 1. The number of hydrogen-bond donors (Lipinski definition) is 2. The van der Waals surface area contributed by atoms with Crippen LogP contribution in [0.15, 0.2) is 35.4 Å². The van der Waals surface area contributed by atoms with E-state index in [1.54, 1.807) is 17.4 Å². The Morgan fingerprint density at radius 3 is 2.96 bits per heavy atom. The van der Waals surface area contributed by atoms with E-state index in [2.05, 4.69) is 9.97 Å². The SMILES string of the molecule is N#CC(=C(O)COC(=O)c1csc2c1CCCC2)c1nc2ccccc2[nH]1. The van der Waals surface area contributed by atoms with Gasteiger partial charge in [-0.2, -0.15) is 5.26 Å². The van der Waals surface area contributed by atoms with Gasteiger partial charge in [-0.15, -0.1) is 11.3 Å². The fourth-order valence-corrected chi connectivity index (χ4v) is 4.39. The first-order valence-electron chi connectivity index (χ1n) is 8.71. The van der Waals surface area contributed by atoms with Crippen LogP contribution in [-0.4, -0.2) is 27.7 Å². The molecular weight excluding hydrogens is 362 g/mol. The van der Waals surface area contributed by atoms with Crippen molar-refractivity contribution in [2.45, 2.75) is 25.7 Å². The standard InChI is InChI=1S/C20H17N3O3S/c21-9-13(19-22-15-6-2-3-7-16(15)23-19)17(24)10-26-20(25)14-11-27-18-8-4-1-5-12(14)18/h2-3,6-7,11,24H,1,4-5,8,10H2,(H,22,23). The normalized spacial score (nSPS) is 14.3. The Morgan fingerprint density at radius 2 is 2.15 bits per heavy atom. The number of nitrogens with zero attached hydrogens (tertiary/aromatic N) is 2. The lowest BCUT2D eigenvalue weighted by Crippen LogP contribution is -2.12. The Bertz CT molecular complexity index is 1050. The number of nitriles is 1. The summed E-state index contributed by atoms with van der Waals surface area (Å²) in [5.41, 5.74) is 3.05. The summed E-state index contributed by atoms with van der Waals surface area (Å²) in [6.07, 6.45) is 4.10. The number of benzene rings is 1. The molecule has 0 radical (unpaired) electrons. The van der Waals surface area contributed by atoms with E-state index in [-0.39, 0.29) is 23.8 Å². The predicted octanol–water partition coefficient (Wildman–Crippen LogP) is 4.15. The highest BCUT2D eigenvalue weighted by Gasteiger charge is 2.22. The Hall–Kier alpha value is -3.11. The number of aliphatic hydroxyl groups excluding tert-OH is 1. The molecule has 3 aromatic rings. The van der Waals surface area contributed by atoms with Crippen LogP contribution in [0.4, 0.5) is 0 Å². The molecule has 1 aromatic carbocycles. The van der Waals surface area contributed by atoms with Gasteiger partial charge in [-0.05, 0) is 43.4 Å². The number of aryl methyl sites for hydroxylation is 1. The molecule has 2 heterocycles. The minimum absolute atomic E-state index is 0.0358. The van der Waals surface area contributed by atoms with Crippen molar-refractivity contribution < 1.29 is 14.6 Å². The van der Waals surface area contributed by atoms with Crippen LogP contribution in [0.5, 0.6) is 0 Å². The number of carbonyl (C=O) groups is 1. The average Bonchev–Trinajstić information content (AvgIpc) is 3.30. The number of aromatic amines is 1. The summed E-state index contributed by atoms with van der Waals surface area (Å²) >= 11 is 1.58. The fourth-order valence-electron chi connectivity index (χ4n) is 3.27. The van der Waals surface area contributed by atoms with Crippen molar-refractivity contribution >= 4 is 33.9 Å². The van der Waals surface area contributed by atoms with Gasteiger partial charge in [0.05, 0.1) is 16.6 Å². The van der Waals surface area contributed by atoms with Crippen LogP contribution in [-0.2, 0) is 17.6 Å². The smallest absolute Gasteiger partial charge is 0.339 e. The molecule has 1 aliphatic carbocycles. The summed E-state index contributed by atoms with van der Waals surface area (Å²) in [5, 5.41) is 21.5. The van der Waals surface area contributed by atoms with Crippen LogP contribution in [0.25, 0.3) is 16.6 Å². The number of carbonyl (C=O) groups excluding carboxylic acids is 1. The van der Waals surface area contributed by atoms with Gasteiger partial charge in [0, 0.05) is 10.3 Å². The molecule has 7 heteroatoms. The average molecular weight is 379 g/mol. The van der Waals surface area contributed by atoms with Gasteiger partial charge in [0.2, 0.25) is 0 Å². The van der Waals surface area contributed by atoms with Gasteiger partial charge in [-0.1, -0.05) is 12.1 Å². The minimum atomic E-state index is -0.470. The van der Waals surface area contributed by atoms with Gasteiger partial charge in [-0.25, -0.2) is 9.78 Å². The number of H-pyrrole nitrogens is 1. The molecule has 0 bridgehead atoms. The Balaban J connectivity index is 1.53. The van der Waals surface area contributed by atoms with E-state index >= 15 is 0 Å². The quantitative estimate of drug-likeness (QED) is 0.403. The maximum atomic E-state index is 12.4. The summed E-state index contributed by atoms with van der Waals surface area (Å²) < 4.78 is 5.26. The highest BCUT2D eigenvalue weighted by Crippen LogP contribution is 2.30. The topological polar surface area (TPSA) is 99.0 Å². The number of imidazole rings is 1. The molecule has 0 fully saturated rings. The number of thiophene rings is 1. The second kappa shape index (κ2) is 7.25. The molecule has 2 N–H and O–H groups in total. The minimum Gasteiger partial charge on any atom is -0.507 e. The number of esters is 1. The van der Waals surface area contributed by atoms with Crippen LogP contribution in [0.3, 0.4) is 0 Å². The molecule has 6 nitrogen and oxygen atoms in total. The van der Waals surface area contributed by atoms with Crippen molar-refractivity contribution in [2.24, 2.45) is 0 Å². The number of hydrogen-bond acceptors (Lipinski definition) is 6. The zero-order chi connectivity index (χ0) is 18.8. The first-order chi connectivity index (χ1) is 13.2. The molecule has 0 spiro atoms. The van der Waals surface area contributed by atoms with Gasteiger partial charge in [0.15, 0.2) is 11.6 Å². The van der Waals surface area contributed by atoms with Crippen LogP contribution >= 0.6 is 11.3 Å².